The number of allylic oxidation sites excluding steroid dienone is 1. The van der Waals surface area contributed by atoms with E-state index in [0.29, 0.717) is 18.3 Å². The second kappa shape index (κ2) is 5.14. The number of rotatable bonds is 5. The molecule has 0 aliphatic rings. The SMILES string of the molecule is C=C(C=O)CC(CO)CO. The lowest BCUT2D eigenvalue weighted by atomic mass is 10.0. The molecule has 10 heavy (non-hydrogen) atoms. The second-order valence-electron chi connectivity index (χ2n) is 2.21. The molecular formula is C7H12O3. The number of hydrogen-bond acceptors (Lipinski definition) is 3. The summed E-state index contributed by atoms with van der Waals surface area (Å²) in [6.45, 7) is 3.20. The third-order valence-electron chi connectivity index (χ3n) is 1.23. The number of carbonyl (C=O) groups is 1. The summed E-state index contributed by atoms with van der Waals surface area (Å²) in [6.07, 6.45) is 1.01. The minimum Gasteiger partial charge on any atom is -0.396 e. The van der Waals surface area contributed by atoms with Gasteiger partial charge in [-0.2, -0.15) is 0 Å². The molecule has 0 fully saturated rings. The Morgan fingerprint density at radius 3 is 2.30 bits per heavy atom. The highest BCUT2D eigenvalue weighted by Gasteiger charge is 2.06. The number of hydrogen-bond donors (Lipinski definition) is 2. The summed E-state index contributed by atoms with van der Waals surface area (Å²) in [5, 5.41) is 17.1. The zero-order valence-corrected chi connectivity index (χ0v) is 5.79. The largest absolute Gasteiger partial charge is 0.396 e. The maximum absolute atomic E-state index is 10.0. The van der Waals surface area contributed by atoms with Crippen LogP contribution in [-0.2, 0) is 4.79 Å². The third kappa shape index (κ3) is 3.37. The van der Waals surface area contributed by atoms with Crippen LogP contribution in [0, 0.1) is 5.92 Å². The van der Waals surface area contributed by atoms with E-state index in [1.165, 1.54) is 0 Å². The van der Waals surface area contributed by atoms with Crippen molar-refractivity contribution in [2.75, 3.05) is 13.2 Å². The second-order valence-corrected chi connectivity index (χ2v) is 2.21. The number of aldehydes is 1. The average Bonchev–Trinajstić information content (AvgIpc) is 1.99. The topological polar surface area (TPSA) is 57.5 Å². The molecule has 3 nitrogen and oxygen atoms in total. The fourth-order valence-corrected chi connectivity index (χ4v) is 0.606. The van der Waals surface area contributed by atoms with Crippen LogP contribution < -0.4 is 0 Å². The molecule has 0 aliphatic carbocycles. The van der Waals surface area contributed by atoms with Gasteiger partial charge in [-0.3, -0.25) is 4.79 Å². The van der Waals surface area contributed by atoms with Crippen molar-refractivity contribution in [3.05, 3.63) is 12.2 Å². The van der Waals surface area contributed by atoms with Crippen LogP contribution in [0.4, 0.5) is 0 Å². The number of carbonyl (C=O) groups excluding carboxylic acids is 1. The lowest BCUT2D eigenvalue weighted by Gasteiger charge is -2.08. The molecule has 0 aromatic heterocycles. The molecule has 0 radical (unpaired) electrons. The summed E-state index contributed by atoms with van der Waals surface area (Å²) in [6, 6.07) is 0. The maximum Gasteiger partial charge on any atom is 0.145 e. The number of aliphatic hydroxyl groups excluding tert-OH is 2. The monoisotopic (exact) mass is 144 g/mol. The van der Waals surface area contributed by atoms with E-state index in [2.05, 4.69) is 6.58 Å². The zero-order chi connectivity index (χ0) is 7.98. The van der Waals surface area contributed by atoms with Crippen molar-refractivity contribution in [2.45, 2.75) is 6.42 Å². The molecule has 0 unspecified atom stereocenters. The van der Waals surface area contributed by atoms with E-state index < -0.39 is 0 Å². The van der Waals surface area contributed by atoms with Crippen molar-refractivity contribution < 1.29 is 15.0 Å². The lowest BCUT2D eigenvalue weighted by Crippen LogP contribution is -2.11. The van der Waals surface area contributed by atoms with E-state index in [1.54, 1.807) is 0 Å². The normalized spacial score (nSPS) is 9.90. The van der Waals surface area contributed by atoms with Gasteiger partial charge in [0.15, 0.2) is 0 Å². The van der Waals surface area contributed by atoms with Gasteiger partial charge in [0, 0.05) is 19.1 Å². The van der Waals surface area contributed by atoms with E-state index in [4.69, 9.17) is 10.2 Å². The maximum atomic E-state index is 10.0. The Balaban J connectivity index is 3.62. The van der Waals surface area contributed by atoms with Crippen molar-refractivity contribution in [1.29, 1.82) is 0 Å². The van der Waals surface area contributed by atoms with Gasteiger partial charge >= 0.3 is 0 Å². The molecule has 0 atom stereocenters. The first-order valence-electron chi connectivity index (χ1n) is 3.09. The van der Waals surface area contributed by atoms with E-state index in [9.17, 15) is 4.79 Å². The van der Waals surface area contributed by atoms with E-state index in [1.807, 2.05) is 0 Å². The van der Waals surface area contributed by atoms with Gasteiger partial charge in [0.25, 0.3) is 0 Å². The van der Waals surface area contributed by atoms with Gasteiger partial charge in [-0.1, -0.05) is 6.58 Å². The van der Waals surface area contributed by atoms with Crippen LogP contribution in [0.2, 0.25) is 0 Å². The van der Waals surface area contributed by atoms with Crippen LogP contribution >= 0.6 is 0 Å². The van der Waals surface area contributed by atoms with Crippen LogP contribution in [0.25, 0.3) is 0 Å². The van der Waals surface area contributed by atoms with Crippen molar-refractivity contribution in [3.8, 4) is 0 Å². The first-order valence-corrected chi connectivity index (χ1v) is 3.09. The predicted octanol–water partition coefficient (Wildman–Crippen LogP) is -0.268. The molecule has 0 spiro atoms. The smallest absolute Gasteiger partial charge is 0.145 e. The minimum atomic E-state index is -0.238. The summed E-state index contributed by atoms with van der Waals surface area (Å²) < 4.78 is 0. The van der Waals surface area contributed by atoms with Crippen LogP contribution in [-0.4, -0.2) is 29.7 Å². The molecule has 0 amide bonds. The van der Waals surface area contributed by atoms with Gasteiger partial charge in [-0.05, 0) is 12.0 Å². The first-order chi connectivity index (χ1) is 4.74. The van der Waals surface area contributed by atoms with Gasteiger partial charge in [0.05, 0.1) is 0 Å². The van der Waals surface area contributed by atoms with Crippen LogP contribution in [0.15, 0.2) is 12.2 Å². The van der Waals surface area contributed by atoms with Crippen LogP contribution in [0.1, 0.15) is 6.42 Å². The molecule has 58 valence electrons. The van der Waals surface area contributed by atoms with Crippen molar-refractivity contribution in [1.82, 2.24) is 0 Å². The van der Waals surface area contributed by atoms with Crippen molar-refractivity contribution in [3.63, 3.8) is 0 Å². The molecule has 0 aromatic carbocycles. The Hall–Kier alpha value is -0.670. The van der Waals surface area contributed by atoms with Gasteiger partial charge in [0.1, 0.15) is 6.29 Å². The molecule has 0 aromatic rings. The van der Waals surface area contributed by atoms with Gasteiger partial charge in [-0.15, -0.1) is 0 Å². The predicted molar refractivity (Wildman–Crippen MR) is 37.5 cm³/mol. The highest BCUT2D eigenvalue weighted by Crippen LogP contribution is 2.06. The quantitative estimate of drug-likeness (QED) is 0.412. The number of aliphatic hydroxyl groups is 2. The molecule has 0 saturated carbocycles. The Kier molecular flexibility index (Phi) is 4.80. The summed E-state index contributed by atoms with van der Waals surface area (Å²) in [5.74, 6) is -0.238. The fourth-order valence-electron chi connectivity index (χ4n) is 0.606. The van der Waals surface area contributed by atoms with Crippen LogP contribution in [0.3, 0.4) is 0 Å². The molecule has 0 aliphatic heterocycles. The summed E-state index contributed by atoms with van der Waals surface area (Å²) in [4.78, 5) is 10.0. The Morgan fingerprint density at radius 2 is 2.00 bits per heavy atom. The molecule has 0 bridgehead atoms. The van der Waals surface area contributed by atoms with Gasteiger partial charge in [-0.25, -0.2) is 0 Å². The molecule has 0 rings (SSSR count). The van der Waals surface area contributed by atoms with E-state index >= 15 is 0 Å². The first kappa shape index (κ1) is 9.33. The highest BCUT2D eigenvalue weighted by atomic mass is 16.3. The third-order valence-corrected chi connectivity index (χ3v) is 1.23. The summed E-state index contributed by atoms with van der Waals surface area (Å²) in [7, 11) is 0. The van der Waals surface area contributed by atoms with Crippen molar-refractivity contribution >= 4 is 6.29 Å². The average molecular weight is 144 g/mol. The minimum absolute atomic E-state index is 0.108. The Labute approximate surface area is 60.0 Å². The Morgan fingerprint density at radius 1 is 1.50 bits per heavy atom. The molecule has 3 heteroatoms. The zero-order valence-electron chi connectivity index (χ0n) is 5.79. The molecule has 0 saturated heterocycles. The highest BCUT2D eigenvalue weighted by molar-refractivity contribution is 5.71. The van der Waals surface area contributed by atoms with Crippen molar-refractivity contribution in [2.24, 2.45) is 5.92 Å². The van der Waals surface area contributed by atoms with Crippen LogP contribution in [0.5, 0.6) is 0 Å². The van der Waals surface area contributed by atoms with E-state index in [-0.39, 0.29) is 19.1 Å². The molecule has 0 heterocycles. The molecular weight excluding hydrogens is 132 g/mol. The van der Waals surface area contributed by atoms with Gasteiger partial charge < -0.3 is 10.2 Å². The summed E-state index contributed by atoms with van der Waals surface area (Å²) >= 11 is 0. The lowest BCUT2D eigenvalue weighted by molar-refractivity contribution is -0.105. The van der Waals surface area contributed by atoms with E-state index in [0.717, 1.165) is 0 Å². The summed E-state index contributed by atoms with van der Waals surface area (Å²) in [5.41, 5.74) is 0.410. The fraction of sp³-hybridized carbons (Fsp3) is 0.571. The Bertz CT molecular complexity index is 116. The molecule has 2 N–H and O–H groups in total. The van der Waals surface area contributed by atoms with Gasteiger partial charge in [0.2, 0.25) is 0 Å². The standard InChI is InChI=1S/C7H12O3/c1-6(3-8)2-7(4-9)5-10/h3,7,9-10H,1-2,4-5H2.